The summed E-state index contributed by atoms with van der Waals surface area (Å²) in [6.07, 6.45) is 1.75. The lowest BCUT2D eigenvalue weighted by Gasteiger charge is -2.23. The average molecular weight is 194 g/mol. The molecular weight excluding hydrogens is 180 g/mol. The van der Waals surface area contributed by atoms with Crippen molar-refractivity contribution < 1.29 is 4.79 Å². The number of nitrogens with zero attached hydrogens (tertiary/aromatic N) is 2. The van der Waals surface area contributed by atoms with Gasteiger partial charge in [-0.15, -0.1) is 0 Å². The van der Waals surface area contributed by atoms with Crippen LogP contribution in [0.1, 0.15) is 17.3 Å². The van der Waals surface area contributed by atoms with Gasteiger partial charge in [-0.2, -0.15) is 5.10 Å². The SMILES string of the molecule is Cc1c(C2NCCNC2=O)cnn1C. The summed E-state index contributed by atoms with van der Waals surface area (Å²) in [5.41, 5.74) is 1.99. The quantitative estimate of drug-likeness (QED) is 0.633. The minimum Gasteiger partial charge on any atom is -0.353 e. The molecule has 1 aromatic rings. The third kappa shape index (κ3) is 1.39. The van der Waals surface area contributed by atoms with E-state index in [1.54, 1.807) is 10.9 Å². The van der Waals surface area contributed by atoms with Crippen LogP contribution in [0.5, 0.6) is 0 Å². The van der Waals surface area contributed by atoms with Gasteiger partial charge in [-0.25, -0.2) is 0 Å². The highest BCUT2D eigenvalue weighted by atomic mass is 16.2. The fourth-order valence-corrected chi connectivity index (χ4v) is 1.65. The van der Waals surface area contributed by atoms with E-state index in [0.29, 0.717) is 6.54 Å². The van der Waals surface area contributed by atoms with Crippen molar-refractivity contribution in [3.8, 4) is 0 Å². The van der Waals surface area contributed by atoms with Gasteiger partial charge in [0.05, 0.1) is 6.20 Å². The van der Waals surface area contributed by atoms with E-state index in [1.807, 2.05) is 14.0 Å². The van der Waals surface area contributed by atoms with E-state index >= 15 is 0 Å². The second-order valence-corrected chi connectivity index (χ2v) is 3.49. The van der Waals surface area contributed by atoms with E-state index in [4.69, 9.17) is 0 Å². The number of aromatic nitrogens is 2. The molecule has 1 atom stereocenters. The highest BCUT2D eigenvalue weighted by Gasteiger charge is 2.25. The first-order chi connectivity index (χ1) is 6.70. The lowest BCUT2D eigenvalue weighted by Crippen LogP contribution is -2.47. The van der Waals surface area contributed by atoms with Crippen LogP contribution in [0, 0.1) is 6.92 Å². The Morgan fingerprint density at radius 3 is 2.93 bits per heavy atom. The fraction of sp³-hybridized carbons (Fsp3) is 0.556. The van der Waals surface area contributed by atoms with Crippen molar-refractivity contribution in [1.29, 1.82) is 0 Å². The molecule has 1 unspecified atom stereocenters. The summed E-state index contributed by atoms with van der Waals surface area (Å²) in [6.45, 7) is 3.48. The molecule has 0 aliphatic carbocycles. The number of amides is 1. The van der Waals surface area contributed by atoms with E-state index in [9.17, 15) is 4.79 Å². The summed E-state index contributed by atoms with van der Waals surface area (Å²) in [6, 6.07) is -0.238. The maximum atomic E-state index is 11.5. The van der Waals surface area contributed by atoms with Crippen LogP contribution < -0.4 is 10.6 Å². The second-order valence-electron chi connectivity index (χ2n) is 3.49. The molecule has 1 aliphatic heterocycles. The second kappa shape index (κ2) is 3.42. The van der Waals surface area contributed by atoms with Gasteiger partial charge in [0.1, 0.15) is 6.04 Å². The van der Waals surface area contributed by atoms with E-state index in [1.165, 1.54) is 0 Å². The predicted molar refractivity (Wildman–Crippen MR) is 51.7 cm³/mol. The predicted octanol–water partition coefficient (Wildman–Crippen LogP) is -0.511. The fourth-order valence-electron chi connectivity index (χ4n) is 1.65. The molecule has 2 rings (SSSR count). The number of carbonyl (C=O) groups is 1. The molecule has 76 valence electrons. The van der Waals surface area contributed by atoms with Crippen molar-refractivity contribution in [3.63, 3.8) is 0 Å². The van der Waals surface area contributed by atoms with Crippen molar-refractivity contribution in [2.75, 3.05) is 13.1 Å². The minimum absolute atomic E-state index is 0.0346. The summed E-state index contributed by atoms with van der Waals surface area (Å²) in [5.74, 6) is 0.0346. The molecule has 0 saturated carbocycles. The van der Waals surface area contributed by atoms with Crippen LogP contribution in [-0.2, 0) is 11.8 Å². The smallest absolute Gasteiger partial charge is 0.241 e. The number of carbonyl (C=O) groups excluding carboxylic acids is 1. The van der Waals surface area contributed by atoms with Crippen LogP contribution >= 0.6 is 0 Å². The van der Waals surface area contributed by atoms with Gasteiger partial charge in [-0.05, 0) is 6.92 Å². The molecule has 1 amide bonds. The summed E-state index contributed by atoms with van der Waals surface area (Å²) >= 11 is 0. The molecule has 0 spiro atoms. The highest BCUT2D eigenvalue weighted by molar-refractivity contribution is 5.84. The van der Waals surface area contributed by atoms with Gasteiger partial charge >= 0.3 is 0 Å². The minimum atomic E-state index is -0.238. The normalized spacial score (nSPS) is 22.1. The van der Waals surface area contributed by atoms with Crippen molar-refractivity contribution in [3.05, 3.63) is 17.5 Å². The molecule has 0 radical (unpaired) electrons. The topological polar surface area (TPSA) is 58.9 Å². The number of nitrogens with one attached hydrogen (secondary N) is 2. The van der Waals surface area contributed by atoms with Crippen molar-refractivity contribution in [1.82, 2.24) is 20.4 Å². The molecule has 14 heavy (non-hydrogen) atoms. The average Bonchev–Trinajstić information content (AvgIpc) is 2.49. The van der Waals surface area contributed by atoms with Crippen LogP contribution in [0.15, 0.2) is 6.20 Å². The maximum Gasteiger partial charge on any atom is 0.241 e. The molecule has 1 fully saturated rings. The maximum absolute atomic E-state index is 11.5. The molecule has 2 heterocycles. The molecule has 5 nitrogen and oxygen atoms in total. The van der Waals surface area contributed by atoms with Crippen LogP contribution in [-0.4, -0.2) is 28.8 Å². The molecule has 0 bridgehead atoms. The van der Waals surface area contributed by atoms with Crippen LogP contribution in [0.4, 0.5) is 0 Å². The van der Waals surface area contributed by atoms with Gasteiger partial charge < -0.3 is 10.6 Å². The first kappa shape index (κ1) is 9.21. The molecule has 1 saturated heterocycles. The van der Waals surface area contributed by atoms with Crippen molar-refractivity contribution >= 4 is 5.91 Å². The monoisotopic (exact) mass is 194 g/mol. The van der Waals surface area contributed by atoms with Gasteiger partial charge in [0.25, 0.3) is 0 Å². The zero-order chi connectivity index (χ0) is 10.1. The van der Waals surface area contributed by atoms with Gasteiger partial charge in [0.15, 0.2) is 0 Å². The molecule has 2 N–H and O–H groups in total. The summed E-state index contributed by atoms with van der Waals surface area (Å²) in [5, 5.41) is 10.1. The number of rotatable bonds is 1. The lowest BCUT2D eigenvalue weighted by atomic mass is 10.1. The molecule has 5 heteroatoms. The standard InChI is InChI=1S/C9H14N4O/c1-6-7(5-12-13(6)2)8-9(14)11-4-3-10-8/h5,8,10H,3-4H2,1-2H3,(H,11,14). The van der Waals surface area contributed by atoms with Gasteiger partial charge in [-0.3, -0.25) is 9.48 Å². The number of hydrogen-bond donors (Lipinski definition) is 2. The Morgan fingerprint density at radius 2 is 2.36 bits per heavy atom. The Bertz CT molecular complexity index is 358. The summed E-state index contributed by atoms with van der Waals surface area (Å²) in [7, 11) is 1.87. The summed E-state index contributed by atoms with van der Waals surface area (Å²) < 4.78 is 1.78. The van der Waals surface area contributed by atoms with Crippen molar-refractivity contribution in [2.45, 2.75) is 13.0 Å². The van der Waals surface area contributed by atoms with E-state index in [-0.39, 0.29) is 11.9 Å². The Balaban J connectivity index is 2.29. The van der Waals surface area contributed by atoms with Crippen LogP contribution in [0.3, 0.4) is 0 Å². The zero-order valence-corrected chi connectivity index (χ0v) is 8.37. The third-order valence-corrected chi connectivity index (χ3v) is 2.62. The molecule has 1 aromatic heterocycles. The molecular formula is C9H14N4O. The van der Waals surface area contributed by atoms with Gasteiger partial charge in [0, 0.05) is 31.4 Å². The van der Waals surface area contributed by atoms with Crippen LogP contribution in [0.2, 0.25) is 0 Å². The Hall–Kier alpha value is -1.36. The Kier molecular flexibility index (Phi) is 2.25. The number of hydrogen-bond acceptors (Lipinski definition) is 3. The molecule has 1 aliphatic rings. The van der Waals surface area contributed by atoms with E-state index in [0.717, 1.165) is 17.8 Å². The first-order valence-corrected chi connectivity index (χ1v) is 4.69. The molecule has 0 aromatic carbocycles. The van der Waals surface area contributed by atoms with Gasteiger partial charge in [0.2, 0.25) is 5.91 Å². The summed E-state index contributed by atoms with van der Waals surface area (Å²) in [4.78, 5) is 11.5. The van der Waals surface area contributed by atoms with E-state index in [2.05, 4.69) is 15.7 Å². The number of piperazine rings is 1. The Labute approximate surface area is 82.5 Å². The van der Waals surface area contributed by atoms with Crippen molar-refractivity contribution in [2.24, 2.45) is 7.05 Å². The zero-order valence-electron chi connectivity index (χ0n) is 8.37. The first-order valence-electron chi connectivity index (χ1n) is 4.69. The Morgan fingerprint density at radius 1 is 1.57 bits per heavy atom. The highest BCUT2D eigenvalue weighted by Crippen LogP contribution is 2.17. The third-order valence-electron chi connectivity index (χ3n) is 2.62. The largest absolute Gasteiger partial charge is 0.353 e. The van der Waals surface area contributed by atoms with Crippen LogP contribution in [0.25, 0.3) is 0 Å². The lowest BCUT2D eigenvalue weighted by molar-refractivity contribution is -0.124. The van der Waals surface area contributed by atoms with Gasteiger partial charge in [-0.1, -0.05) is 0 Å². The van der Waals surface area contributed by atoms with E-state index < -0.39 is 0 Å². The number of aryl methyl sites for hydroxylation is 1.